The van der Waals surface area contributed by atoms with E-state index in [2.05, 4.69) is 26.2 Å². The van der Waals surface area contributed by atoms with E-state index in [1.807, 2.05) is 18.2 Å². The molecule has 0 aliphatic carbocycles. The monoisotopic (exact) mass is 354 g/mol. The summed E-state index contributed by atoms with van der Waals surface area (Å²) in [5.74, 6) is 1.54. The summed E-state index contributed by atoms with van der Waals surface area (Å²) >= 11 is 9.36. The zero-order valence-corrected chi connectivity index (χ0v) is 12.9. The normalized spacial score (nSPS) is 13.1. The number of anilines is 1. The molecule has 1 aromatic heterocycles. The van der Waals surface area contributed by atoms with Crippen molar-refractivity contribution >= 4 is 33.2 Å². The summed E-state index contributed by atoms with van der Waals surface area (Å²) in [5, 5.41) is 3.76. The zero-order chi connectivity index (χ0) is 13.9. The third kappa shape index (κ3) is 2.99. The van der Waals surface area contributed by atoms with Crippen LogP contribution >= 0.6 is 27.5 Å². The summed E-state index contributed by atoms with van der Waals surface area (Å²) in [6.07, 6.45) is 1.67. The molecule has 2 aromatic rings. The summed E-state index contributed by atoms with van der Waals surface area (Å²) in [6.45, 7) is 1.82. The summed E-state index contributed by atoms with van der Waals surface area (Å²) in [6, 6.07) is 7.66. The molecule has 0 saturated heterocycles. The number of nitrogens with one attached hydrogen (secondary N) is 1. The second-order valence-corrected chi connectivity index (χ2v) is 5.56. The van der Waals surface area contributed by atoms with Gasteiger partial charge in [-0.3, -0.25) is 0 Å². The molecule has 1 aliphatic heterocycles. The SMILES string of the molecule is Clc1cc(NCc2cc(Br)c3c(c2)OCCO3)ccn1. The van der Waals surface area contributed by atoms with Crippen LogP contribution in [0.5, 0.6) is 11.5 Å². The molecule has 104 valence electrons. The van der Waals surface area contributed by atoms with E-state index in [4.69, 9.17) is 21.1 Å². The molecular formula is C14H12BrClN2O2. The Morgan fingerprint density at radius 3 is 2.95 bits per heavy atom. The topological polar surface area (TPSA) is 43.4 Å². The van der Waals surface area contributed by atoms with Crippen molar-refractivity contribution < 1.29 is 9.47 Å². The minimum Gasteiger partial charge on any atom is -0.486 e. The lowest BCUT2D eigenvalue weighted by atomic mass is 10.2. The molecule has 2 heterocycles. The average molecular weight is 356 g/mol. The van der Waals surface area contributed by atoms with Crippen molar-refractivity contribution in [1.29, 1.82) is 0 Å². The lowest BCUT2D eigenvalue weighted by Gasteiger charge is -2.20. The average Bonchev–Trinajstić information content (AvgIpc) is 2.45. The smallest absolute Gasteiger partial charge is 0.175 e. The van der Waals surface area contributed by atoms with Gasteiger partial charge in [0.25, 0.3) is 0 Å². The van der Waals surface area contributed by atoms with E-state index in [-0.39, 0.29) is 0 Å². The highest BCUT2D eigenvalue weighted by atomic mass is 79.9. The van der Waals surface area contributed by atoms with Crippen LogP contribution in [0.1, 0.15) is 5.56 Å². The second kappa shape index (κ2) is 5.89. The standard InChI is InChI=1S/C14H12BrClN2O2/c15-11-5-9(6-12-14(11)20-4-3-19-12)8-18-10-1-2-17-13(16)7-10/h1-2,5-7H,3-4,8H2,(H,17,18). The second-order valence-electron chi connectivity index (χ2n) is 4.32. The van der Waals surface area contributed by atoms with E-state index in [0.717, 1.165) is 27.2 Å². The maximum absolute atomic E-state index is 5.85. The first-order valence-electron chi connectivity index (χ1n) is 6.16. The number of ether oxygens (including phenoxy) is 2. The highest BCUT2D eigenvalue weighted by Gasteiger charge is 2.16. The Balaban J connectivity index is 1.76. The van der Waals surface area contributed by atoms with Crippen molar-refractivity contribution in [2.45, 2.75) is 6.54 Å². The van der Waals surface area contributed by atoms with Crippen LogP contribution in [0.4, 0.5) is 5.69 Å². The molecule has 0 amide bonds. The first kappa shape index (κ1) is 13.5. The van der Waals surface area contributed by atoms with Gasteiger partial charge in [-0.2, -0.15) is 0 Å². The van der Waals surface area contributed by atoms with E-state index < -0.39 is 0 Å². The Hall–Kier alpha value is -1.46. The third-order valence-corrected chi connectivity index (χ3v) is 3.68. The van der Waals surface area contributed by atoms with Gasteiger partial charge in [0.15, 0.2) is 11.5 Å². The Bertz CT molecular complexity index is 637. The first-order valence-corrected chi connectivity index (χ1v) is 7.33. The summed E-state index contributed by atoms with van der Waals surface area (Å²) < 4.78 is 12.1. The van der Waals surface area contributed by atoms with E-state index in [1.54, 1.807) is 12.3 Å². The third-order valence-electron chi connectivity index (χ3n) is 2.88. The summed E-state index contributed by atoms with van der Waals surface area (Å²) in [7, 11) is 0. The number of rotatable bonds is 3. The Labute approximate surface area is 130 Å². The van der Waals surface area contributed by atoms with E-state index >= 15 is 0 Å². The molecule has 0 fully saturated rings. The predicted octanol–water partition coefficient (Wildman–Crippen LogP) is 3.88. The molecule has 0 saturated carbocycles. The van der Waals surface area contributed by atoms with Gasteiger partial charge < -0.3 is 14.8 Å². The molecule has 1 aliphatic rings. The Kier molecular flexibility index (Phi) is 3.98. The van der Waals surface area contributed by atoms with E-state index in [1.165, 1.54) is 0 Å². The Morgan fingerprint density at radius 1 is 1.25 bits per heavy atom. The number of halogens is 2. The minimum absolute atomic E-state index is 0.471. The number of pyridine rings is 1. The van der Waals surface area contributed by atoms with Gasteiger partial charge in [-0.25, -0.2) is 4.98 Å². The fourth-order valence-electron chi connectivity index (χ4n) is 1.98. The highest BCUT2D eigenvalue weighted by molar-refractivity contribution is 9.10. The number of aromatic nitrogens is 1. The van der Waals surface area contributed by atoms with Crippen LogP contribution in [0.25, 0.3) is 0 Å². The van der Waals surface area contributed by atoms with Crippen LogP contribution in [0, 0.1) is 0 Å². The summed E-state index contributed by atoms with van der Waals surface area (Å²) in [5.41, 5.74) is 2.02. The molecule has 6 heteroatoms. The van der Waals surface area contributed by atoms with Crippen molar-refractivity contribution in [3.8, 4) is 11.5 Å². The number of hydrogen-bond acceptors (Lipinski definition) is 4. The van der Waals surface area contributed by atoms with Crippen molar-refractivity contribution in [3.05, 3.63) is 45.7 Å². The van der Waals surface area contributed by atoms with E-state index in [9.17, 15) is 0 Å². The van der Waals surface area contributed by atoms with Gasteiger partial charge in [0.1, 0.15) is 18.4 Å². The van der Waals surface area contributed by atoms with Crippen molar-refractivity contribution in [2.75, 3.05) is 18.5 Å². The van der Waals surface area contributed by atoms with Crippen LogP contribution in [0.15, 0.2) is 34.9 Å². The van der Waals surface area contributed by atoms with Gasteiger partial charge >= 0.3 is 0 Å². The molecule has 4 nitrogen and oxygen atoms in total. The molecule has 3 rings (SSSR count). The predicted molar refractivity (Wildman–Crippen MR) is 81.7 cm³/mol. The maximum Gasteiger partial charge on any atom is 0.175 e. The lowest BCUT2D eigenvalue weighted by Crippen LogP contribution is -2.16. The van der Waals surface area contributed by atoms with Gasteiger partial charge in [-0.05, 0) is 45.8 Å². The molecule has 0 bridgehead atoms. The quantitative estimate of drug-likeness (QED) is 0.849. The van der Waals surface area contributed by atoms with Gasteiger partial charge in [0.05, 0.1) is 4.47 Å². The summed E-state index contributed by atoms with van der Waals surface area (Å²) in [4.78, 5) is 3.95. The molecule has 0 unspecified atom stereocenters. The van der Waals surface area contributed by atoms with Crippen molar-refractivity contribution in [1.82, 2.24) is 4.98 Å². The molecule has 0 radical (unpaired) electrons. The van der Waals surface area contributed by atoms with E-state index in [0.29, 0.717) is 24.9 Å². The van der Waals surface area contributed by atoms with Gasteiger partial charge in [0.2, 0.25) is 0 Å². The molecule has 1 aromatic carbocycles. The van der Waals surface area contributed by atoms with Crippen LogP contribution in [-0.2, 0) is 6.54 Å². The number of fused-ring (bicyclic) bond motifs is 1. The van der Waals surface area contributed by atoms with Crippen LogP contribution in [0.2, 0.25) is 5.15 Å². The van der Waals surface area contributed by atoms with Gasteiger partial charge in [-0.1, -0.05) is 11.6 Å². The van der Waals surface area contributed by atoms with Crippen LogP contribution in [0.3, 0.4) is 0 Å². The highest BCUT2D eigenvalue weighted by Crippen LogP contribution is 2.38. The zero-order valence-electron chi connectivity index (χ0n) is 10.5. The number of benzene rings is 1. The van der Waals surface area contributed by atoms with Crippen LogP contribution < -0.4 is 14.8 Å². The fraction of sp³-hybridized carbons (Fsp3) is 0.214. The minimum atomic E-state index is 0.471. The van der Waals surface area contributed by atoms with Crippen molar-refractivity contribution in [2.24, 2.45) is 0 Å². The number of nitrogens with zero attached hydrogens (tertiary/aromatic N) is 1. The Morgan fingerprint density at radius 2 is 2.10 bits per heavy atom. The number of hydrogen-bond donors (Lipinski definition) is 1. The van der Waals surface area contributed by atoms with Gasteiger partial charge in [0, 0.05) is 18.4 Å². The molecule has 20 heavy (non-hydrogen) atoms. The fourth-order valence-corrected chi connectivity index (χ4v) is 2.76. The molecule has 0 atom stereocenters. The molecule has 0 spiro atoms. The largest absolute Gasteiger partial charge is 0.486 e. The van der Waals surface area contributed by atoms with Crippen molar-refractivity contribution in [3.63, 3.8) is 0 Å². The van der Waals surface area contributed by atoms with Crippen LogP contribution in [-0.4, -0.2) is 18.2 Å². The van der Waals surface area contributed by atoms with Gasteiger partial charge in [-0.15, -0.1) is 0 Å². The first-order chi connectivity index (χ1) is 9.72. The molecular weight excluding hydrogens is 344 g/mol. The maximum atomic E-state index is 5.85. The molecule has 1 N–H and O–H groups in total. The lowest BCUT2D eigenvalue weighted by molar-refractivity contribution is 0.170.